The predicted octanol–water partition coefficient (Wildman–Crippen LogP) is 2.78. The summed E-state index contributed by atoms with van der Waals surface area (Å²) in [6.45, 7) is 7.54. The Hall–Kier alpha value is -1.46. The maximum atomic E-state index is 11.7. The van der Waals surface area contributed by atoms with Crippen LogP contribution in [0, 0.1) is 5.92 Å². The van der Waals surface area contributed by atoms with Crippen molar-refractivity contribution in [3.05, 3.63) is 0 Å². The highest BCUT2D eigenvalue weighted by atomic mass is 16.6. The molecular formula is C16H31N3O3. The van der Waals surface area contributed by atoms with E-state index in [-0.39, 0.29) is 24.3 Å². The Balaban J connectivity index is 2.11. The Morgan fingerprint density at radius 2 is 1.82 bits per heavy atom. The topological polar surface area (TPSA) is 79.5 Å². The number of amides is 3. The number of hydrogen-bond acceptors (Lipinski definition) is 3. The first-order valence-corrected chi connectivity index (χ1v) is 8.50. The van der Waals surface area contributed by atoms with E-state index in [0.717, 1.165) is 38.5 Å². The summed E-state index contributed by atoms with van der Waals surface area (Å²) in [7, 11) is 0. The number of rotatable bonds is 7. The minimum absolute atomic E-state index is 0.0302. The van der Waals surface area contributed by atoms with Gasteiger partial charge in [0.2, 0.25) is 0 Å². The molecule has 22 heavy (non-hydrogen) atoms. The normalized spacial score (nSPS) is 21.3. The number of ether oxygens (including phenoxy) is 1. The van der Waals surface area contributed by atoms with Gasteiger partial charge in [-0.2, -0.15) is 0 Å². The second kappa shape index (κ2) is 10.3. The van der Waals surface area contributed by atoms with Gasteiger partial charge in [0.15, 0.2) is 0 Å². The summed E-state index contributed by atoms with van der Waals surface area (Å²) in [4.78, 5) is 23.1. The average molecular weight is 313 g/mol. The van der Waals surface area contributed by atoms with Crippen molar-refractivity contribution in [3.8, 4) is 0 Å². The van der Waals surface area contributed by atoms with Gasteiger partial charge in [0, 0.05) is 19.1 Å². The minimum atomic E-state index is -0.316. The van der Waals surface area contributed by atoms with Crippen molar-refractivity contribution in [2.75, 3.05) is 13.1 Å². The molecule has 1 rings (SSSR count). The highest BCUT2D eigenvalue weighted by molar-refractivity contribution is 5.74. The fraction of sp³-hybridized carbons (Fsp3) is 0.875. The smallest absolute Gasteiger partial charge is 0.407 e. The Labute approximate surface area is 133 Å². The molecule has 3 N–H and O–H groups in total. The molecule has 0 aliphatic heterocycles. The van der Waals surface area contributed by atoms with Crippen LogP contribution in [0.4, 0.5) is 9.59 Å². The molecule has 0 aromatic carbocycles. The van der Waals surface area contributed by atoms with E-state index < -0.39 is 0 Å². The molecule has 6 nitrogen and oxygen atoms in total. The van der Waals surface area contributed by atoms with Gasteiger partial charge in [-0.3, -0.25) is 0 Å². The van der Waals surface area contributed by atoms with Crippen LogP contribution in [0.2, 0.25) is 0 Å². The van der Waals surface area contributed by atoms with Crippen molar-refractivity contribution >= 4 is 12.1 Å². The highest BCUT2D eigenvalue weighted by Crippen LogP contribution is 2.21. The highest BCUT2D eigenvalue weighted by Gasteiger charge is 2.24. The molecule has 0 aromatic rings. The molecule has 1 aliphatic carbocycles. The van der Waals surface area contributed by atoms with E-state index >= 15 is 0 Å². The van der Waals surface area contributed by atoms with Gasteiger partial charge in [0.1, 0.15) is 6.10 Å². The van der Waals surface area contributed by atoms with Gasteiger partial charge in [-0.05, 0) is 51.4 Å². The van der Waals surface area contributed by atoms with Crippen LogP contribution in [0.25, 0.3) is 0 Å². The van der Waals surface area contributed by atoms with E-state index in [0.29, 0.717) is 19.0 Å². The van der Waals surface area contributed by atoms with Gasteiger partial charge < -0.3 is 20.7 Å². The molecule has 0 heterocycles. The molecule has 0 bridgehead atoms. The molecule has 128 valence electrons. The Morgan fingerprint density at radius 1 is 1.14 bits per heavy atom. The van der Waals surface area contributed by atoms with Crippen LogP contribution >= 0.6 is 0 Å². The maximum Gasteiger partial charge on any atom is 0.407 e. The summed E-state index contributed by atoms with van der Waals surface area (Å²) in [6, 6.07) is 0.0651. The number of carbonyl (C=O) groups excluding carboxylic acids is 2. The Kier molecular flexibility index (Phi) is 8.70. The number of urea groups is 1. The van der Waals surface area contributed by atoms with Crippen LogP contribution in [0.1, 0.15) is 59.3 Å². The lowest BCUT2D eigenvalue weighted by atomic mass is 9.93. The first kappa shape index (κ1) is 18.6. The Morgan fingerprint density at radius 3 is 2.41 bits per heavy atom. The van der Waals surface area contributed by atoms with Gasteiger partial charge in [-0.25, -0.2) is 9.59 Å². The number of hydrogen-bond donors (Lipinski definition) is 3. The molecule has 0 spiro atoms. The van der Waals surface area contributed by atoms with E-state index in [1.807, 2.05) is 6.92 Å². The number of nitrogens with one attached hydrogen (secondary N) is 3. The van der Waals surface area contributed by atoms with Crippen LogP contribution in [0.15, 0.2) is 0 Å². The monoisotopic (exact) mass is 313 g/mol. The number of carbonyl (C=O) groups is 2. The molecule has 0 radical (unpaired) electrons. The summed E-state index contributed by atoms with van der Waals surface area (Å²) in [5.41, 5.74) is 0. The van der Waals surface area contributed by atoms with Gasteiger partial charge >= 0.3 is 12.1 Å². The predicted molar refractivity (Wildman–Crippen MR) is 86.8 cm³/mol. The van der Waals surface area contributed by atoms with Gasteiger partial charge in [0.05, 0.1) is 0 Å². The summed E-state index contributed by atoms with van der Waals surface area (Å²) in [5.74, 6) is 0.658. The van der Waals surface area contributed by atoms with Gasteiger partial charge in [-0.1, -0.05) is 13.8 Å². The van der Waals surface area contributed by atoms with Crippen molar-refractivity contribution in [1.82, 2.24) is 16.0 Å². The van der Waals surface area contributed by atoms with Crippen LogP contribution in [-0.2, 0) is 4.74 Å². The Bertz CT molecular complexity index is 340. The minimum Gasteiger partial charge on any atom is -0.446 e. The van der Waals surface area contributed by atoms with Crippen LogP contribution in [-0.4, -0.2) is 37.4 Å². The van der Waals surface area contributed by atoms with Gasteiger partial charge in [0.25, 0.3) is 0 Å². The largest absolute Gasteiger partial charge is 0.446 e. The van der Waals surface area contributed by atoms with Crippen molar-refractivity contribution in [2.24, 2.45) is 5.92 Å². The van der Waals surface area contributed by atoms with E-state index in [2.05, 4.69) is 29.8 Å². The zero-order valence-corrected chi connectivity index (χ0v) is 14.1. The molecule has 0 saturated heterocycles. The van der Waals surface area contributed by atoms with Crippen molar-refractivity contribution in [2.45, 2.75) is 71.4 Å². The lowest BCUT2D eigenvalue weighted by Gasteiger charge is -2.28. The van der Waals surface area contributed by atoms with Gasteiger partial charge in [-0.15, -0.1) is 0 Å². The van der Waals surface area contributed by atoms with E-state index in [1.165, 1.54) is 0 Å². The third kappa shape index (κ3) is 8.10. The summed E-state index contributed by atoms with van der Waals surface area (Å²) < 4.78 is 5.42. The van der Waals surface area contributed by atoms with Crippen molar-refractivity contribution in [1.29, 1.82) is 0 Å². The fourth-order valence-electron chi connectivity index (χ4n) is 2.62. The molecule has 1 aliphatic rings. The zero-order valence-electron chi connectivity index (χ0n) is 14.1. The van der Waals surface area contributed by atoms with E-state index in [1.54, 1.807) is 0 Å². The summed E-state index contributed by atoms with van der Waals surface area (Å²) >= 11 is 0. The van der Waals surface area contributed by atoms with Crippen LogP contribution < -0.4 is 16.0 Å². The van der Waals surface area contributed by atoms with Crippen molar-refractivity contribution in [3.63, 3.8) is 0 Å². The molecule has 0 unspecified atom stereocenters. The quantitative estimate of drug-likeness (QED) is 0.632. The lowest BCUT2D eigenvalue weighted by molar-refractivity contribution is 0.0694. The molecular weight excluding hydrogens is 282 g/mol. The van der Waals surface area contributed by atoms with E-state index in [4.69, 9.17) is 4.74 Å². The van der Waals surface area contributed by atoms with E-state index in [9.17, 15) is 9.59 Å². The average Bonchev–Trinajstić information content (AvgIpc) is 2.46. The first-order chi connectivity index (χ1) is 10.5. The number of alkyl carbamates (subject to hydrolysis) is 1. The molecule has 1 saturated carbocycles. The summed E-state index contributed by atoms with van der Waals surface area (Å²) in [6.07, 6.45) is 5.05. The fourth-order valence-corrected chi connectivity index (χ4v) is 2.62. The maximum absolute atomic E-state index is 11.7. The second-order valence-electron chi connectivity index (χ2n) is 6.35. The lowest BCUT2D eigenvalue weighted by Crippen LogP contribution is -2.44. The third-order valence-electron chi connectivity index (χ3n) is 3.85. The molecule has 0 atom stereocenters. The SMILES string of the molecule is CCNC(=O)NC1CCC(OC(=O)NCCCC(C)C)CC1. The standard InChI is InChI=1S/C16H31N3O3/c1-4-17-15(20)19-13-7-9-14(10-8-13)22-16(21)18-11-5-6-12(2)3/h12-14H,4-11H2,1-3H3,(H,18,21)(H2,17,19,20). The summed E-state index contributed by atoms with van der Waals surface area (Å²) in [5, 5.41) is 8.47. The zero-order chi connectivity index (χ0) is 16.4. The molecule has 6 heteroatoms. The molecule has 0 aromatic heterocycles. The molecule has 1 fully saturated rings. The van der Waals surface area contributed by atoms with Crippen LogP contribution in [0.3, 0.4) is 0 Å². The van der Waals surface area contributed by atoms with Crippen molar-refractivity contribution < 1.29 is 14.3 Å². The van der Waals surface area contributed by atoms with Crippen LogP contribution in [0.5, 0.6) is 0 Å². The third-order valence-corrected chi connectivity index (χ3v) is 3.85. The second-order valence-corrected chi connectivity index (χ2v) is 6.35. The molecule has 3 amide bonds. The first-order valence-electron chi connectivity index (χ1n) is 8.50.